The van der Waals surface area contributed by atoms with E-state index in [0.29, 0.717) is 18.7 Å². The molecule has 2 aromatic carbocycles. The van der Waals surface area contributed by atoms with Gasteiger partial charge in [0.05, 0.1) is 13.7 Å². The van der Waals surface area contributed by atoms with E-state index < -0.39 is 12.1 Å². The van der Waals surface area contributed by atoms with Crippen LogP contribution in [-0.2, 0) is 22.6 Å². The summed E-state index contributed by atoms with van der Waals surface area (Å²) in [5.74, 6) is 0.262. The summed E-state index contributed by atoms with van der Waals surface area (Å²) >= 11 is 0. The Morgan fingerprint density at radius 1 is 1.12 bits per heavy atom. The Bertz CT molecular complexity index is 1120. The smallest absolute Gasteiger partial charge is 0.325 e. The van der Waals surface area contributed by atoms with Gasteiger partial charge in [0.1, 0.15) is 11.8 Å². The SMILES string of the molecule is COc1ccc(CN2C(=O)N[C@@H](CCC(=O)NCCc3c[nH]c4ccccc34)C2=O)cc1. The van der Waals surface area contributed by atoms with Gasteiger partial charge in [-0.15, -0.1) is 0 Å². The van der Waals surface area contributed by atoms with Crippen LogP contribution in [0.1, 0.15) is 24.0 Å². The monoisotopic (exact) mass is 434 g/mol. The number of methoxy groups -OCH3 is 1. The molecule has 0 aliphatic carbocycles. The predicted molar refractivity (Wildman–Crippen MR) is 120 cm³/mol. The number of rotatable bonds is 9. The van der Waals surface area contributed by atoms with Crippen molar-refractivity contribution in [2.24, 2.45) is 0 Å². The van der Waals surface area contributed by atoms with Crippen molar-refractivity contribution in [2.75, 3.05) is 13.7 Å². The summed E-state index contributed by atoms with van der Waals surface area (Å²) in [4.78, 5) is 41.5. The maximum Gasteiger partial charge on any atom is 0.325 e. The number of aromatic nitrogens is 1. The minimum Gasteiger partial charge on any atom is -0.497 e. The minimum absolute atomic E-state index is 0.138. The minimum atomic E-state index is -0.680. The third kappa shape index (κ3) is 4.74. The predicted octanol–water partition coefficient (Wildman–Crippen LogP) is 2.74. The molecule has 8 heteroatoms. The maximum atomic E-state index is 12.6. The van der Waals surface area contributed by atoms with E-state index in [0.717, 1.165) is 22.0 Å². The average molecular weight is 434 g/mol. The highest BCUT2D eigenvalue weighted by Gasteiger charge is 2.37. The van der Waals surface area contributed by atoms with Crippen LogP contribution in [-0.4, -0.2) is 47.4 Å². The molecule has 1 aliphatic heterocycles. The molecule has 4 amide bonds. The number of imide groups is 1. The zero-order valence-electron chi connectivity index (χ0n) is 17.9. The third-order valence-electron chi connectivity index (χ3n) is 5.66. The van der Waals surface area contributed by atoms with Gasteiger partial charge < -0.3 is 20.4 Å². The van der Waals surface area contributed by atoms with Crippen molar-refractivity contribution in [3.05, 3.63) is 65.9 Å². The average Bonchev–Trinajstić information content (AvgIpc) is 3.34. The molecule has 2 heterocycles. The first-order valence-electron chi connectivity index (χ1n) is 10.6. The molecule has 0 unspecified atom stereocenters. The molecule has 0 bridgehead atoms. The van der Waals surface area contributed by atoms with Crippen molar-refractivity contribution in [3.63, 3.8) is 0 Å². The Hall–Kier alpha value is -3.81. The van der Waals surface area contributed by atoms with Crippen molar-refractivity contribution in [2.45, 2.75) is 31.8 Å². The maximum absolute atomic E-state index is 12.6. The highest BCUT2D eigenvalue weighted by atomic mass is 16.5. The van der Waals surface area contributed by atoms with E-state index in [9.17, 15) is 14.4 Å². The number of H-pyrrole nitrogens is 1. The largest absolute Gasteiger partial charge is 0.497 e. The number of nitrogens with one attached hydrogen (secondary N) is 3. The molecule has 8 nitrogen and oxygen atoms in total. The normalized spacial score (nSPS) is 15.8. The second-order valence-electron chi connectivity index (χ2n) is 7.77. The first kappa shape index (κ1) is 21.4. The third-order valence-corrected chi connectivity index (χ3v) is 5.66. The summed E-state index contributed by atoms with van der Waals surface area (Å²) < 4.78 is 5.12. The van der Waals surface area contributed by atoms with Crippen molar-refractivity contribution < 1.29 is 19.1 Å². The fourth-order valence-corrected chi connectivity index (χ4v) is 3.87. The summed E-state index contributed by atoms with van der Waals surface area (Å²) in [5.41, 5.74) is 3.04. The van der Waals surface area contributed by atoms with E-state index in [4.69, 9.17) is 4.74 Å². The summed E-state index contributed by atoms with van der Waals surface area (Å²) in [6, 6.07) is 14.1. The lowest BCUT2D eigenvalue weighted by Crippen LogP contribution is -2.33. The number of para-hydroxylation sites is 1. The number of ether oxygens (including phenoxy) is 1. The highest BCUT2D eigenvalue weighted by Crippen LogP contribution is 2.19. The second-order valence-corrected chi connectivity index (χ2v) is 7.77. The Morgan fingerprint density at radius 2 is 1.91 bits per heavy atom. The lowest BCUT2D eigenvalue weighted by Gasteiger charge is -2.13. The van der Waals surface area contributed by atoms with Crippen LogP contribution in [0.15, 0.2) is 54.7 Å². The van der Waals surface area contributed by atoms with E-state index in [1.165, 1.54) is 4.90 Å². The van der Waals surface area contributed by atoms with Gasteiger partial charge in [-0.2, -0.15) is 0 Å². The molecule has 0 saturated carbocycles. The van der Waals surface area contributed by atoms with E-state index in [2.05, 4.69) is 21.7 Å². The number of amides is 4. The summed E-state index contributed by atoms with van der Waals surface area (Å²) in [6.07, 6.45) is 3.11. The number of carbonyl (C=O) groups is 3. The highest BCUT2D eigenvalue weighted by molar-refractivity contribution is 6.04. The van der Waals surface area contributed by atoms with E-state index >= 15 is 0 Å². The van der Waals surface area contributed by atoms with Gasteiger partial charge in [-0.25, -0.2) is 4.79 Å². The number of benzene rings is 2. The number of urea groups is 1. The van der Waals surface area contributed by atoms with Crippen LogP contribution in [0.3, 0.4) is 0 Å². The molecule has 32 heavy (non-hydrogen) atoms. The van der Waals surface area contributed by atoms with Gasteiger partial charge in [0, 0.05) is 30.1 Å². The van der Waals surface area contributed by atoms with E-state index in [-0.39, 0.29) is 31.2 Å². The van der Waals surface area contributed by atoms with Crippen molar-refractivity contribution in [1.82, 2.24) is 20.5 Å². The van der Waals surface area contributed by atoms with Gasteiger partial charge in [-0.3, -0.25) is 14.5 Å². The van der Waals surface area contributed by atoms with Gasteiger partial charge >= 0.3 is 6.03 Å². The van der Waals surface area contributed by atoms with Crippen molar-refractivity contribution in [3.8, 4) is 5.75 Å². The van der Waals surface area contributed by atoms with Crippen molar-refractivity contribution >= 4 is 28.7 Å². The van der Waals surface area contributed by atoms with E-state index in [1.54, 1.807) is 19.2 Å². The number of hydrogen-bond donors (Lipinski definition) is 3. The van der Waals surface area contributed by atoms with Gasteiger partial charge in [0.25, 0.3) is 5.91 Å². The summed E-state index contributed by atoms with van der Waals surface area (Å²) in [7, 11) is 1.58. The Balaban J connectivity index is 1.23. The number of nitrogens with zero attached hydrogens (tertiary/aromatic N) is 1. The molecule has 1 saturated heterocycles. The number of fused-ring (bicyclic) bond motifs is 1. The van der Waals surface area contributed by atoms with Gasteiger partial charge in [-0.1, -0.05) is 30.3 Å². The summed E-state index contributed by atoms with van der Waals surface area (Å²) in [5, 5.41) is 6.73. The number of aromatic amines is 1. The first-order valence-corrected chi connectivity index (χ1v) is 10.6. The van der Waals surface area contributed by atoms with Gasteiger partial charge in [0.15, 0.2) is 0 Å². The second kappa shape index (κ2) is 9.55. The van der Waals surface area contributed by atoms with Crippen LogP contribution >= 0.6 is 0 Å². The topological polar surface area (TPSA) is 104 Å². The molecule has 1 aromatic heterocycles. The van der Waals surface area contributed by atoms with Crippen LogP contribution in [0, 0.1) is 0 Å². The number of carbonyl (C=O) groups excluding carboxylic acids is 3. The van der Waals surface area contributed by atoms with Crippen LogP contribution in [0.5, 0.6) is 5.75 Å². The fourth-order valence-electron chi connectivity index (χ4n) is 3.87. The Morgan fingerprint density at radius 3 is 2.69 bits per heavy atom. The molecular weight excluding hydrogens is 408 g/mol. The molecular formula is C24H26N4O4. The molecule has 1 aliphatic rings. The molecule has 166 valence electrons. The molecule has 0 spiro atoms. The Labute approximate surface area is 185 Å². The molecule has 3 N–H and O–H groups in total. The lowest BCUT2D eigenvalue weighted by molar-refractivity contribution is -0.128. The molecule has 1 fully saturated rings. The van der Waals surface area contributed by atoms with Gasteiger partial charge in [-0.05, 0) is 42.2 Å². The fraction of sp³-hybridized carbons (Fsp3) is 0.292. The van der Waals surface area contributed by atoms with Crippen LogP contribution < -0.4 is 15.4 Å². The molecule has 1 atom stereocenters. The van der Waals surface area contributed by atoms with E-state index in [1.807, 2.05) is 36.5 Å². The zero-order valence-corrected chi connectivity index (χ0v) is 17.9. The first-order chi connectivity index (χ1) is 15.5. The Kier molecular flexibility index (Phi) is 6.39. The van der Waals surface area contributed by atoms with Crippen LogP contribution in [0.25, 0.3) is 10.9 Å². The summed E-state index contributed by atoms with van der Waals surface area (Å²) in [6.45, 7) is 0.692. The lowest BCUT2D eigenvalue weighted by atomic mass is 10.1. The molecule has 4 rings (SSSR count). The van der Waals surface area contributed by atoms with Crippen molar-refractivity contribution in [1.29, 1.82) is 0 Å². The van der Waals surface area contributed by atoms with Gasteiger partial charge in [0.2, 0.25) is 5.91 Å². The number of hydrogen-bond acceptors (Lipinski definition) is 4. The molecule has 0 radical (unpaired) electrons. The molecule has 3 aromatic rings. The standard InChI is InChI=1S/C24H26N4O4/c1-32-18-8-6-16(7-9-18)15-28-23(30)21(27-24(28)31)10-11-22(29)25-13-12-17-14-26-20-5-3-2-4-19(17)20/h2-9,14,21,26H,10-13,15H2,1H3,(H,25,29)(H,27,31)/t21-/m0/s1. The van der Waals surface area contributed by atoms with Crippen LogP contribution in [0.4, 0.5) is 4.79 Å². The zero-order chi connectivity index (χ0) is 22.5. The van der Waals surface area contributed by atoms with Crippen LogP contribution in [0.2, 0.25) is 0 Å². The quantitative estimate of drug-likeness (QED) is 0.451.